The number of β-lactam (4-membered cyclic amide) rings is 1. The van der Waals surface area contributed by atoms with Crippen LogP contribution in [0.15, 0.2) is 42.6 Å². The van der Waals surface area contributed by atoms with Gasteiger partial charge in [0.1, 0.15) is 22.5 Å². The Morgan fingerprint density at radius 1 is 1.15 bits per heavy atom. The Bertz CT molecular complexity index is 1130. The van der Waals surface area contributed by atoms with Gasteiger partial charge in [-0.15, -0.1) is 0 Å². The van der Waals surface area contributed by atoms with Gasteiger partial charge in [-0.25, -0.2) is 18.2 Å². The van der Waals surface area contributed by atoms with Crippen LogP contribution in [0.4, 0.5) is 10.6 Å². The van der Waals surface area contributed by atoms with Crippen molar-refractivity contribution < 1.29 is 27.5 Å². The number of hydrogen-bond acceptors (Lipinski definition) is 7. The van der Waals surface area contributed by atoms with E-state index in [-0.39, 0.29) is 18.9 Å². The minimum absolute atomic E-state index is 0.200. The SMILES string of the molecule is COc1ccc(CN(C(=O)OC(C)(C)C)c2cc(C[C@H]3C(=O)NC3S(C)(=O)=O)ccn2)cc1. The summed E-state index contributed by atoms with van der Waals surface area (Å²) in [7, 11) is -1.84. The van der Waals surface area contributed by atoms with Gasteiger partial charge in [0.15, 0.2) is 9.84 Å². The number of carbonyl (C=O) groups is 2. The van der Waals surface area contributed by atoms with Gasteiger partial charge in [0.2, 0.25) is 5.91 Å². The first-order valence-electron chi connectivity index (χ1n) is 10.4. The van der Waals surface area contributed by atoms with Crippen molar-refractivity contribution in [2.24, 2.45) is 5.92 Å². The quantitative estimate of drug-likeness (QED) is 0.612. The van der Waals surface area contributed by atoms with Gasteiger partial charge < -0.3 is 14.8 Å². The van der Waals surface area contributed by atoms with Crippen molar-refractivity contribution in [3.63, 3.8) is 0 Å². The first kappa shape index (κ1) is 24.5. The number of amides is 2. The average Bonchev–Trinajstić information content (AvgIpc) is 2.72. The number of ether oxygens (including phenoxy) is 2. The van der Waals surface area contributed by atoms with Crippen LogP contribution in [0.1, 0.15) is 31.9 Å². The van der Waals surface area contributed by atoms with Gasteiger partial charge in [-0.05, 0) is 62.6 Å². The van der Waals surface area contributed by atoms with Gasteiger partial charge in [0.25, 0.3) is 0 Å². The molecular formula is C23H29N3O6S. The number of anilines is 1. The van der Waals surface area contributed by atoms with E-state index in [0.29, 0.717) is 17.1 Å². The van der Waals surface area contributed by atoms with Crippen molar-refractivity contribution in [1.29, 1.82) is 0 Å². The molecule has 1 aromatic heterocycles. The van der Waals surface area contributed by atoms with Gasteiger partial charge in [0.05, 0.1) is 19.6 Å². The van der Waals surface area contributed by atoms with E-state index < -0.39 is 32.8 Å². The molecule has 9 nitrogen and oxygen atoms in total. The van der Waals surface area contributed by atoms with Crippen LogP contribution in [0.25, 0.3) is 0 Å². The third-order valence-electron chi connectivity index (χ3n) is 5.10. The first-order valence-corrected chi connectivity index (χ1v) is 12.4. The van der Waals surface area contributed by atoms with E-state index in [9.17, 15) is 18.0 Å². The van der Waals surface area contributed by atoms with Gasteiger partial charge >= 0.3 is 6.09 Å². The van der Waals surface area contributed by atoms with Crippen LogP contribution in [0.5, 0.6) is 5.75 Å². The molecule has 178 valence electrons. The molecule has 1 N–H and O–H groups in total. The predicted molar refractivity (Wildman–Crippen MR) is 124 cm³/mol. The summed E-state index contributed by atoms with van der Waals surface area (Å²) in [6.07, 6.45) is 2.27. The molecule has 2 aromatic rings. The monoisotopic (exact) mass is 475 g/mol. The highest BCUT2D eigenvalue weighted by atomic mass is 32.2. The Morgan fingerprint density at radius 3 is 2.36 bits per heavy atom. The van der Waals surface area contributed by atoms with E-state index in [1.807, 2.05) is 12.1 Å². The second-order valence-corrected chi connectivity index (χ2v) is 11.2. The third-order valence-corrected chi connectivity index (χ3v) is 6.47. The van der Waals surface area contributed by atoms with Crippen LogP contribution in [-0.2, 0) is 32.3 Å². The first-order chi connectivity index (χ1) is 15.4. The van der Waals surface area contributed by atoms with Crippen molar-refractivity contribution >= 4 is 27.7 Å². The summed E-state index contributed by atoms with van der Waals surface area (Å²) in [5.41, 5.74) is 0.820. The van der Waals surface area contributed by atoms with E-state index >= 15 is 0 Å². The fraction of sp³-hybridized carbons (Fsp3) is 0.435. The highest BCUT2D eigenvalue weighted by molar-refractivity contribution is 7.91. The van der Waals surface area contributed by atoms with Gasteiger partial charge in [0, 0.05) is 12.5 Å². The topological polar surface area (TPSA) is 115 Å². The van der Waals surface area contributed by atoms with Gasteiger partial charge in [-0.3, -0.25) is 9.69 Å². The summed E-state index contributed by atoms with van der Waals surface area (Å²) in [6.45, 7) is 5.54. The second-order valence-electron chi connectivity index (χ2n) is 9.01. The number of hydrogen-bond donors (Lipinski definition) is 1. The number of nitrogens with one attached hydrogen (secondary N) is 1. The van der Waals surface area contributed by atoms with Crippen LogP contribution in [-0.4, -0.2) is 49.7 Å². The van der Waals surface area contributed by atoms with Crippen LogP contribution >= 0.6 is 0 Å². The lowest BCUT2D eigenvalue weighted by Gasteiger charge is -2.35. The number of nitrogens with zero attached hydrogens (tertiary/aromatic N) is 2. The molecule has 1 aliphatic rings. The predicted octanol–water partition coefficient (Wildman–Crippen LogP) is 2.69. The molecular weight excluding hydrogens is 446 g/mol. The molecule has 0 aliphatic carbocycles. The van der Waals surface area contributed by atoms with Gasteiger partial charge in [-0.2, -0.15) is 0 Å². The van der Waals surface area contributed by atoms with Crippen LogP contribution in [0.3, 0.4) is 0 Å². The maximum absolute atomic E-state index is 13.0. The van der Waals surface area contributed by atoms with E-state index in [4.69, 9.17) is 9.47 Å². The minimum Gasteiger partial charge on any atom is -0.497 e. The number of carbonyl (C=O) groups excluding carboxylic acids is 2. The molecule has 2 amide bonds. The molecule has 1 saturated heterocycles. The molecule has 0 bridgehead atoms. The fourth-order valence-electron chi connectivity index (χ4n) is 3.45. The lowest BCUT2D eigenvalue weighted by Crippen LogP contribution is -2.62. The summed E-state index contributed by atoms with van der Waals surface area (Å²) in [4.78, 5) is 30.8. The summed E-state index contributed by atoms with van der Waals surface area (Å²) < 4.78 is 34.6. The standard InChI is InChI=1S/C23H29N3O6S/c1-23(2,3)32-22(28)26(14-15-6-8-17(31-4)9-7-15)19-13-16(10-11-24-19)12-18-20(27)25-21(18)33(5,29)30/h6-11,13,18,21H,12,14H2,1-5H3,(H,25,27)/t18-,21?/m0/s1. The zero-order chi connectivity index (χ0) is 24.4. The second kappa shape index (κ2) is 9.38. The molecule has 10 heteroatoms. The maximum Gasteiger partial charge on any atom is 0.416 e. The largest absolute Gasteiger partial charge is 0.497 e. The van der Waals surface area contributed by atoms with Crippen LogP contribution in [0.2, 0.25) is 0 Å². The molecule has 0 radical (unpaired) electrons. The number of sulfone groups is 1. The van der Waals surface area contributed by atoms with Gasteiger partial charge in [-0.1, -0.05) is 12.1 Å². The normalized spacial score (nSPS) is 18.2. The zero-order valence-electron chi connectivity index (χ0n) is 19.4. The lowest BCUT2D eigenvalue weighted by molar-refractivity contribution is -0.132. The van der Waals surface area contributed by atoms with Crippen LogP contribution in [0, 0.1) is 5.92 Å². The molecule has 2 heterocycles. The summed E-state index contributed by atoms with van der Waals surface area (Å²) >= 11 is 0. The van der Waals surface area contributed by atoms with Crippen molar-refractivity contribution in [3.05, 3.63) is 53.7 Å². The molecule has 1 fully saturated rings. The van der Waals surface area contributed by atoms with E-state index in [0.717, 1.165) is 11.8 Å². The lowest BCUT2D eigenvalue weighted by atomic mass is 9.93. The molecule has 0 spiro atoms. The number of aromatic nitrogens is 1. The number of rotatable bonds is 7. The minimum atomic E-state index is -3.42. The summed E-state index contributed by atoms with van der Waals surface area (Å²) in [6, 6.07) is 10.7. The van der Waals surface area contributed by atoms with Crippen LogP contribution < -0.4 is 15.0 Å². The van der Waals surface area contributed by atoms with Crippen molar-refractivity contribution in [2.45, 2.75) is 44.7 Å². The molecule has 33 heavy (non-hydrogen) atoms. The van der Waals surface area contributed by atoms with E-state index in [2.05, 4.69) is 10.3 Å². The summed E-state index contributed by atoms with van der Waals surface area (Å²) in [5, 5.41) is 1.53. The highest BCUT2D eigenvalue weighted by Crippen LogP contribution is 2.27. The maximum atomic E-state index is 13.0. The Labute approximate surface area is 194 Å². The third kappa shape index (κ3) is 6.22. The van der Waals surface area contributed by atoms with E-state index in [1.54, 1.807) is 52.1 Å². The molecule has 1 aliphatic heterocycles. The Kier molecular flexibility index (Phi) is 6.97. The molecule has 3 rings (SSSR count). The Morgan fingerprint density at radius 2 is 1.82 bits per heavy atom. The molecule has 1 unspecified atom stereocenters. The number of methoxy groups -OCH3 is 1. The van der Waals surface area contributed by atoms with E-state index in [1.165, 1.54) is 11.1 Å². The molecule has 0 saturated carbocycles. The average molecular weight is 476 g/mol. The fourth-order valence-corrected chi connectivity index (χ4v) is 4.60. The molecule has 2 atom stereocenters. The smallest absolute Gasteiger partial charge is 0.416 e. The van der Waals surface area contributed by atoms with Crippen molar-refractivity contribution in [2.75, 3.05) is 18.3 Å². The zero-order valence-corrected chi connectivity index (χ0v) is 20.2. The Balaban J connectivity index is 1.88. The summed E-state index contributed by atoms with van der Waals surface area (Å²) in [5.74, 6) is 0.0351. The number of benzene rings is 1. The van der Waals surface area contributed by atoms with Crippen molar-refractivity contribution in [3.8, 4) is 5.75 Å². The van der Waals surface area contributed by atoms with Crippen molar-refractivity contribution in [1.82, 2.24) is 10.3 Å². The highest BCUT2D eigenvalue weighted by Gasteiger charge is 2.45. The number of pyridine rings is 1. The Hall–Kier alpha value is -3.14. The molecule has 1 aromatic carbocycles.